The topological polar surface area (TPSA) is 29.5 Å². The number of benzene rings is 1. The Hall–Kier alpha value is -1.38. The summed E-state index contributed by atoms with van der Waals surface area (Å²) in [5.41, 5.74) is 6.87. The number of ether oxygens (including phenoxy) is 1. The van der Waals surface area contributed by atoms with Crippen LogP contribution < -0.4 is 0 Å². The summed E-state index contributed by atoms with van der Waals surface area (Å²) in [6.45, 7) is 12.7. The molecule has 0 aromatic heterocycles. The van der Waals surface area contributed by atoms with E-state index in [-0.39, 0.29) is 28.5 Å². The van der Waals surface area contributed by atoms with Gasteiger partial charge in [-0.3, -0.25) is 0 Å². The third-order valence-corrected chi connectivity index (χ3v) is 10.4. The Morgan fingerprint density at radius 1 is 1.00 bits per heavy atom. The molecular weight excluding hydrogens is 392 g/mol. The average Bonchev–Trinajstić information content (AvgIpc) is 3.13. The highest BCUT2D eigenvalue weighted by atomic mass is 16.5. The van der Waals surface area contributed by atoms with Gasteiger partial charge in [0.25, 0.3) is 0 Å². The number of aliphatic hydroxyl groups is 1. The van der Waals surface area contributed by atoms with Crippen LogP contribution in [-0.4, -0.2) is 17.3 Å². The van der Waals surface area contributed by atoms with Crippen LogP contribution in [0.3, 0.4) is 0 Å². The van der Waals surface area contributed by atoms with Gasteiger partial charge in [0.15, 0.2) is 0 Å². The minimum atomic E-state index is -0.158. The van der Waals surface area contributed by atoms with E-state index >= 15 is 0 Å². The van der Waals surface area contributed by atoms with Crippen LogP contribution in [0, 0.1) is 28.1 Å². The largest absolute Gasteiger partial charge is 0.393 e. The van der Waals surface area contributed by atoms with Crippen molar-refractivity contribution in [2.75, 3.05) is 0 Å². The van der Waals surface area contributed by atoms with E-state index in [0.717, 1.165) is 19.3 Å². The predicted molar refractivity (Wildman–Crippen MR) is 131 cm³/mol. The molecule has 6 atom stereocenters. The SMILES string of the molecule is C[C@H](OCc1ccccc1)[C@H]1CC=C2C3=C(CC[C@@]21C)[C@@]1(C)CC[C@H](O)C(C)(C)[C@@H]1CC3. The summed E-state index contributed by atoms with van der Waals surface area (Å²) in [6, 6.07) is 10.6. The van der Waals surface area contributed by atoms with Crippen molar-refractivity contribution in [3.63, 3.8) is 0 Å². The van der Waals surface area contributed by atoms with Gasteiger partial charge in [0.05, 0.1) is 18.8 Å². The van der Waals surface area contributed by atoms with E-state index in [0.29, 0.717) is 18.4 Å². The minimum absolute atomic E-state index is 0.0126. The molecule has 1 saturated carbocycles. The first-order valence-electron chi connectivity index (χ1n) is 12.9. The number of hydrogen-bond donors (Lipinski definition) is 1. The highest BCUT2D eigenvalue weighted by Crippen LogP contribution is 2.66. The molecule has 0 amide bonds. The Morgan fingerprint density at radius 2 is 1.75 bits per heavy atom. The van der Waals surface area contributed by atoms with Gasteiger partial charge in [-0.2, -0.15) is 0 Å². The van der Waals surface area contributed by atoms with Crippen molar-refractivity contribution in [3.05, 3.63) is 58.7 Å². The fourth-order valence-electron chi connectivity index (χ4n) is 8.34. The van der Waals surface area contributed by atoms with Crippen molar-refractivity contribution in [1.82, 2.24) is 0 Å². The van der Waals surface area contributed by atoms with E-state index in [1.807, 2.05) is 0 Å². The quantitative estimate of drug-likeness (QED) is 0.541. The van der Waals surface area contributed by atoms with Crippen molar-refractivity contribution in [2.24, 2.45) is 28.1 Å². The molecule has 4 aliphatic carbocycles. The molecule has 1 fully saturated rings. The van der Waals surface area contributed by atoms with E-state index < -0.39 is 0 Å². The highest BCUT2D eigenvalue weighted by Gasteiger charge is 2.57. The van der Waals surface area contributed by atoms with Crippen LogP contribution in [0.4, 0.5) is 0 Å². The molecule has 0 saturated heterocycles. The lowest BCUT2D eigenvalue weighted by Gasteiger charge is -2.59. The smallest absolute Gasteiger partial charge is 0.0720 e. The summed E-state index contributed by atoms with van der Waals surface area (Å²) in [4.78, 5) is 0. The fraction of sp³-hybridized carbons (Fsp3) is 0.667. The number of hydrogen-bond acceptors (Lipinski definition) is 2. The van der Waals surface area contributed by atoms with Crippen LogP contribution >= 0.6 is 0 Å². The Bertz CT molecular complexity index is 925. The molecular formula is C30H42O2. The Morgan fingerprint density at radius 3 is 2.50 bits per heavy atom. The van der Waals surface area contributed by atoms with Gasteiger partial charge in [-0.25, -0.2) is 0 Å². The molecule has 5 rings (SSSR count). The summed E-state index contributed by atoms with van der Waals surface area (Å²) >= 11 is 0. The van der Waals surface area contributed by atoms with Gasteiger partial charge in [-0.05, 0) is 96.7 Å². The predicted octanol–water partition coefficient (Wildman–Crippen LogP) is 7.23. The highest BCUT2D eigenvalue weighted by molar-refractivity contribution is 5.50. The lowest BCUT2D eigenvalue weighted by atomic mass is 9.46. The van der Waals surface area contributed by atoms with E-state index in [1.54, 1.807) is 16.7 Å². The van der Waals surface area contributed by atoms with E-state index in [1.165, 1.54) is 31.2 Å². The fourth-order valence-corrected chi connectivity index (χ4v) is 8.34. The zero-order valence-corrected chi connectivity index (χ0v) is 20.8. The van der Waals surface area contributed by atoms with Crippen molar-refractivity contribution < 1.29 is 9.84 Å². The zero-order chi connectivity index (χ0) is 22.7. The molecule has 0 spiro atoms. The number of rotatable bonds is 4. The molecule has 2 heteroatoms. The van der Waals surface area contributed by atoms with Crippen LogP contribution in [0.15, 0.2) is 53.1 Å². The van der Waals surface area contributed by atoms with Gasteiger partial charge >= 0.3 is 0 Å². The van der Waals surface area contributed by atoms with Crippen molar-refractivity contribution in [2.45, 2.75) is 98.4 Å². The average molecular weight is 435 g/mol. The Balaban J connectivity index is 1.38. The standard InChI is InChI=1S/C30H42O2/c1-20(32-19-21-9-7-6-8-10-21)23-12-13-24-22-11-14-26-28(2,3)27(31)16-18-30(26,5)25(22)15-17-29(23,24)4/h6-10,13,20,23,26-27,31H,11-12,14-19H2,1-5H3/t20-,23+,26-,27-,29+,30+/m0/s1. The minimum Gasteiger partial charge on any atom is -0.393 e. The summed E-state index contributed by atoms with van der Waals surface area (Å²) in [6.07, 6.45) is 10.8. The second-order valence-electron chi connectivity index (χ2n) is 12.2. The summed E-state index contributed by atoms with van der Waals surface area (Å²) in [5, 5.41) is 10.8. The van der Waals surface area contributed by atoms with Gasteiger partial charge in [-0.1, -0.05) is 69.7 Å². The third-order valence-electron chi connectivity index (χ3n) is 10.4. The molecule has 32 heavy (non-hydrogen) atoms. The number of aliphatic hydroxyl groups excluding tert-OH is 1. The first-order valence-corrected chi connectivity index (χ1v) is 12.9. The second kappa shape index (κ2) is 7.84. The molecule has 174 valence electrons. The van der Waals surface area contributed by atoms with Crippen LogP contribution in [0.2, 0.25) is 0 Å². The first kappa shape index (κ1) is 22.4. The van der Waals surface area contributed by atoms with Crippen molar-refractivity contribution in [1.29, 1.82) is 0 Å². The normalized spacial score (nSPS) is 39.1. The maximum absolute atomic E-state index is 10.8. The molecule has 1 N–H and O–H groups in total. The molecule has 0 radical (unpaired) electrons. The number of fused-ring (bicyclic) bond motifs is 4. The molecule has 0 heterocycles. The van der Waals surface area contributed by atoms with Crippen LogP contribution in [0.1, 0.15) is 85.1 Å². The lowest BCUT2D eigenvalue weighted by Crippen LogP contribution is -2.53. The lowest BCUT2D eigenvalue weighted by molar-refractivity contribution is -0.0910. The maximum Gasteiger partial charge on any atom is 0.0720 e. The molecule has 1 aromatic rings. The first-order chi connectivity index (χ1) is 15.2. The van der Waals surface area contributed by atoms with Crippen LogP contribution in [0.25, 0.3) is 0 Å². The number of allylic oxidation sites excluding steroid dienone is 4. The van der Waals surface area contributed by atoms with Gasteiger partial charge in [0.1, 0.15) is 0 Å². The third kappa shape index (κ3) is 3.28. The van der Waals surface area contributed by atoms with Crippen molar-refractivity contribution >= 4 is 0 Å². The van der Waals surface area contributed by atoms with E-state index in [4.69, 9.17) is 4.74 Å². The van der Waals surface area contributed by atoms with Gasteiger partial charge in [-0.15, -0.1) is 0 Å². The maximum atomic E-state index is 10.8. The summed E-state index contributed by atoms with van der Waals surface area (Å²) in [7, 11) is 0. The zero-order valence-electron chi connectivity index (χ0n) is 20.8. The molecule has 1 aromatic carbocycles. The summed E-state index contributed by atoms with van der Waals surface area (Å²) in [5.74, 6) is 1.15. The molecule has 0 bridgehead atoms. The second-order valence-corrected chi connectivity index (χ2v) is 12.2. The van der Waals surface area contributed by atoms with E-state index in [9.17, 15) is 5.11 Å². The van der Waals surface area contributed by atoms with Gasteiger partial charge < -0.3 is 9.84 Å². The monoisotopic (exact) mass is 434 g/mol. The van der Waals surface area contributed by atoms with Crippen LogP contribution in [-0.2, 0) is 11.3 Å². The summed E-state index contributed by atoms with van der Waals surface area (Å²) < 4.78 is 6.43. The Kier molecular flexibility index (Phi) is 5.49. The van der Waals surface area contributed by atoms with Crippen molar-refractivity contribution in [3.8, 4) is 0 Å². The van der Waals surface area contributed by atoms with E-state index in [2.05, 4.69) is 71.0 Å². The Labute approximate surface area is 195 Å². The van der Waals surface area contributed by atoms with Crippen LogP contribution in [0.5, 0.6) is 0 Å². The molecule has 2 nitrogen and oxygen atoms in total. The molecule has 4 aliphatic rings. The molecule has 0 aliphatic heterocycles. The molecule has 0 unspecified atom stereocenters. The van der Waals surface area contributed by atoms with Gasteiger partial charge in [0, 0.05) is 0 Å². The van der Waals surface area contributed by atoms with Gasteiger partial charge in [0.2, 0.25) is 0 Å².